The summed E-state index contributed by atoms with van der Waals surface area (Å²) in [7, 11) is 0. The van der Waals surface area contributed by atoms with E-state index >= 15 is 0 Å². The van der Waals surface area contributed by atoms with Gasteiger partial charge in [0.1, 0.15) is 5.82 Å². The highest BCUT2D eigenvalue weighted by Gasteiger charge is 2.22. The number of amides is 1. The number of hydrogen-bond donors (Lipinski definition) is 2. The lowest BCUT2D eigenvalue weighted by atomic mass is 9.99. The first-order valence-electron chi connectivity index (χ1n) is 6.92. The molecule has 1 saturated carbocycles. The molecule has 1 aliphatic carbocycles. The molecule has 1 aliphatic heterocycles. The third-order valence-electron chi connectivity index (χ3n) is 3.55. The van der Waals surface area contributed by atoms with E-state index < -0.39 is 0 Å². The van der Waals surface area contributed by atoms with Gasteiger partial charge in [-0.3, -0.25) is 4.79 Å². The normalized spacial score (nSPS) is 20.0. The van der Waals surface area contributed by atoms with Crippen LogP contribution in [0.1, 0.15) is 25.7 Å². The molecule has 2 heterocycles. The van der Waals surface area contributed by atoms with Gasteiger partial charge in [-0.2, -0.15) is 0 Å². The molecule has 2 N–H and O–H groups in total. The molecule has 0 atom stereocenters. The van der Waals surface area contributed by atoms with Crippen LogP contribution in [0.3, 0.4) is 0 Å². The molecule has 19 heavy (non-hydrogen) atoms. The molecule has 2 fully saturated rings. The molecule has 1 aromatic heterocycles. The number of carbonyl (C=O) groups excluding carboxylic acids is 1. The number of nitrogens with one attached hydrogen (secondary N) is 2. The quantitative estimate of drug-likeness (QED) is 0.870. The molecular weight excluding hydrogens is 242 g/mol. The van der Waals surface area contributed by atoms with E-state index in [4.69, 9.17) is 4.74 Å². The molecule has 102 valence electrons. The van der Waals surface area contributed by atoms with Crippen molar-refractivity contribution in [1.29, 1.82) is 0 Å². The zero-order chi connectivity index (χ0) is 13.1. The van der Waals surface area contributed by atoms with Crippen molar-refractivity contribution >= 4 is 17.4 Å². The summed E-state index contributed by atoms with van der Waals surface area (Å²) < 4.78 is 5.26. The van der Waals surface area contributed by atoms with Crippen LogP contribution in [-0.2, 0) is 9.53 Å². The molecule has 0 unspecified atom stereocenters. The number of rotatable bonds is 4. The van der Waals surface area contributed by atoms with Gasteiger partial charge in [-0.05, 0) is 37.8 Å². The molecule has 0 bridgehead atoms. The number of aromatic nitrogens is 1. The smallest absolute Gasteiger partial charge is 0.227 e. The van der Waals surface area contributed by atoms with Crippen molar-refractivity contribution in [2.75, 3.05) is 23.8 Å². The van der Waals surface area contributed by atoms with Crippen molar-refractivity contribution in [1.82, 2.24) is 4.98 Å². The Balaban J connectivity index is 1.54. The van der Waals surface area contributed by atoms with Crippen molar-refractivity contribution < 1.29 is 9.53 Å². The van der Waals surface area contributed by atoms with Gasteiger partial charge in [-0.15, -0.1) is 0 Å². The minimum atomic E-state index is 0.0676. The molecule has 2 aliphatic rings. The van der Waals surface area contributed by atoms with Crippen molar-refractivity contribution in [2.45, 2.75) is 31.7 Å². The fourth-order valence-corrected chi connectivity index (χ4v) is 2.19. The second kappa shape index (κ2) is 5.57. The highest BCUT2D eigenvalue weighted by atomic mass is 16.5. The minimum Gasteiger partial charge on any atom is -0.381 e. The largest absolute Gasteiger partial charge is 0.381 e. The Bertz CT molecular complexity index is 437. The summed E-state index contributed by atoms with van der Waals surface area (Å²) in [6, 6.07) is 4.41. The maximum Gasteiger partial charge on any atom is 0.227 e. The van der Waals surface area contributed by atoms with Crippen molar-refractivity contribution in [3.05, 3.63) is 18.3 Å². The maximum atomic E-state index is 12.0. The molecular formula is C14H19N3O2. The van der Waals surface area contributed by atoms with Crippen LogP contribution in [0.4, 0.5) is 11.5 Å². The highest BCUT2D eigenvalue weighted by molar-refractivity contribution is 5.92. The SMILES string of the molecule is O=C(Nc1ccc(NC2CC2)nc1)C1CCOCC1. The lowest BCUT2D eigenvalue weighted by Crippen LogP contribution is -2.28. The van der Waals surface area contributed by atoms with Crippen molar-refractivity contribution in [3.8, 4) is 0 Å². The van der Waals surface area contributed by atoms with E-state index in [-0.39, 0.29) is 11.8 Å². The second-order valence-electron chi connectivity index (χ2n) is 5.23. The zero-order valence-corrected chi connectivity index (χ0v) is 10.9. The van der Waals surface area contributed by atoms with Gasteiger partial charge in [0.2, 0.25) is 5.91 Å². The van der Waals surface area contributed by atoms with Crippen LogP contribution in [0.5, 0.6) is 0 Å². The average molecular weight is 261 g/mol. The van der Waals surface area contributed by atoms with Crippen LogP contribution >= 0.6 is 0 Å². The number of carbonyl (C=O) groups is 1. The van der Waals surface area contributed by atoms with Crippen LogP contribution in [0.2, 0.25) is 0 Å². The summed E-state index contributed by atoms with van der Waals surface area (Å²) in [5.74, 6) is 1.03. The number of nitrogens with zero attached hydrogens (tertiary/aromatic N) is 1. The zero-order valence-electron chi connectivity index (χ0n) is 10.9. The van der Waals surface area contributed by atoms with Gasteiger partial charge in [0.15, 0.2) is 0 Å². The van der Waals surface area contributed by atoms with E-state index in [2.05, 4.69) is 15.6 Å². The summed E-state index contributed by atoms with van der Waals surface area (Å²) in [5.41, 5.74) is 0.762. The third-order valence-corrected chi connectivity index (χ3v) is 3.55. The molecule has 1 saturated heterocycles. The number of ether oxygens (including phenoxy) is 1. The van der Waals surface area contributed by atoms with Crippen LogP contribution in [0.15, 0.2) is 18.3 Å². The van der Waals surface area contributed by atoms with Gasteiger partial charge in [0.25, 0.3) is 0 Å². The van der Waals surface area contributed by atoms with Gasteiger partial charge in [-0.25, -0.2) is 4.98 Å². The Morgan fingerprint density at radius 3 is 2.63 bits per heavy atom. The Hall–Kier alpha value is -1.62. The Kier molecular flexibility index (Phi) is 3.64. The predicted molar refractivity (Wildman–Crippen MR) is 73.1 cm³/mol. The van der Waals surface area contributed by atoms with Crippen molar-refractivity contribution in [2.24, 2.45) is 5.92 Å². The van der Waals surface area contributed by atoms with E-state index in [1.54, 1.807) is 6.20 Å². The number of hydrogen-bond acceptors (Lipinski definition) is 4. The monoisotopic (exact) mass is 261 g/mol. The highest BCUT2D eigenvalue weighted by Crippen LogP contribution is 2.24. The van der Waals surface area contributed by atoms with Crippen LogP contribution < -0.4 is 10.6 Å². The molecule has 0 radical (unpaired) electrons. The van der Waals surface area contributed by atoms with Crippen LogP contribution in [0.25, 0.3) is 0 Å². The summed E-state index contributed by atoms with van der Waals surface area (Å²) in [5, 5.41) is 6.24. The van der Waals surface area contributed by atoms with E-state index in [1.165, 1.54) is 12.8 Å². The Morgan fingerprint density at radius 2 is 2.00 bits per heavy atom. The second-order valence-corrected chi connectivity index (χ2v) is 5.23. The standard InChI is InChI=1S/C14H19N3O2/c18-14(10-5-7-19-8-6-10)17-12-3-4-13(15-9-12)16-11-1-2-11/h3-4,9-11H,1-2,5-8H2,(H,15,16)(H,17,18). The maximum absolute atomic E-state index is 12.0. The van der Waals surface area contributed by atoms with E-state index in [9.17, 15) is 4.79 Å². The fourth-order valence-electron chi connectivity index (χ4n) is 2.19. The van der Waals surface area contributed by atoms with E-state index in [1.807, 2.05) is 12.1 Å². The van der Waals surface area contributed by atoms with Gasteiger partial charge in [0, 0.05) is 25.2 Å². The van der Waals surface area contributed by atoms with Crippen LogP contribution in [0, 0.1) is 5.92 Å². The first kappa shape index (κ1) is 12.4. The van der Waals surface area contributed by atoms with E-state index in [0.29, 0.717) is 19.3 Å². The predicted octanol–water partition coefficient (Wildman–Crippen LogP) is 2.02. The van der Waals surface area contributed by atoms with Gasteiger partial charge >= 0.3 is 0 Å². The Morgan fingerprint density at radius 1 is 1.21 bits per heavy atom. The molecule has 1 aromatic rings. The molecule has 0 spiro atoms. The summed E-state index contributed by atoms with van der Waals surface area (Å²) in [6.07, 6.45) is 5.77. The third kappa shape index (κ3) is 3.44. The van der Waals surface area contributed by atoms with Crippen LogP contribution in [-0.4, -0.2) is 30.1 Å². The van der Waals surface area contributed by atoms with Gasteiger partial charge in [-0.1, -0.05) is 0 Å². The lowest BCUT2D eigenvalue weighted by molar-refractivity contribution is -0.122. The topological polar surface area (TPSA) is 63.2 Å². The minimum absolute atomic E-state index is 0.0676. The first-order valence-corrected chi connectivity index (χ1v) is 6.92. The fraction of sp³-hybridized carbons (Fsp3) is 0.571. The average Bonchev–Trinajstić information content (AvgIpc) is 3.26. The molecule has 5 nitrogen and oxygen atoms in total. The van der Waals surface area contributed by atoms with Gasteiger partial charge in [0.05, 0.1) is 11.9 Å². The first-order chi connectivity index (χ1) is 9.31. The molecule has 1 amide bonds. The Labute approximate surface area is 112 Å². The molecule has 5 heteroatoms. The summed E-state index contributed by atoms with van der Waals surface area (Å²) in [6.45, 7) is 1.36. The van der Waals surface area contributed by atoms with Gasteiger partial charge < -0.3 is 15.4 Å². The summed E-state index contributed by atoms with van der Waals surface area (Å²) >= 11 is 0. The van der Waals surface area contributed by atoms with Crippen molar-refractivity contribution in [3.63, 3.8) is 0 Å². The summed E-state index contributed by atoms with van der Waals surface area (Å²) in [4.78, 5) is 16.3. The lowest BCUT2D eigenvalue weighted by Gasteiger charge is -2.21. The number of anilines is 2. The number of pyridine rings is 1. The molecule has 3 rings (SSSR count). The van der Waals surface area contributed by atoms with E-state index in [0.717, 1.165) is 24.3 Å². The molecule has 0 aromatic carbocycles.